The van der Waals surface area contributed by atoms with Crippen LogP contribution >= 0.6 is 0 Å². The Hall–Kier alpha value is -3.00. The molecule has 0 unspecified atom stereocenters. The van der Waals surface area contributed by atoms with Gasteiger partial charge in [0.25, 0.3) is 0 Å². The highest BCUT2D eigenvalue weighted by atomic mass is 16.5. The fourth-order valence-corrected chi connectivity index (χ4v) is 1.92. The zero-order valence-electron chi connectivity index (χ0n) is 11.5. The van der Waals surface area contributed by atoms with Crippen LogP contribution in [-0.2, 0) is 6.61 Å². The molecule has 0 saturated carbocycles. The van der Waals surface area contributed by atoms with Crippen molar-refractivity contribution < 1.29 is 14.3 Å². The topological polar surface area (TPSA) is 85.3 Å². The highest BCUT2D eigenvalue weighted by Gasteiger charge is 2.11. The van der Waals surface area contributed by atoms with Gasteiger partial charge in [0.2, 0.25) is 0 Å². The fraction of sp³-hybridized carbons (Fsp3) is 0.125. The van der Waals surface area contributed by atoms with E-state index in [1.807, 2.05) is 6.07 Å². The SMILES string of the molecule is COc1cc(N)cc(OCc2cccc(C#N)c2)c1C=O. The smallest absolute Gasteiger partial charge is 0.157 e. The normalized spacial score (nSPS) is 9.71. The molecule has 0 spiro atoms. The largest absolute Gasteiger partial charge is 0.496 e. The van der Waals surface area contributed by atoms with Crippen molar-refractivity contribution in [1.82, 2.24) is 0 Å². The summed E-state index contributed by atoms with van der Waals surface area (Å²) in [6, 6.07) is 12.2. The highest BCUT2D eigenvalue weighted by Crippen LogP contribution is 2.30. The van der Waals surface area contributed by atoms with Gasteiger partial charge in [-0.15, -0.1) is 0 Å². The Labute approximate surface area is 122 Å². The molecule has 2 aromatic carbocycles. The number of benzene rings is 2. The molecule has 2 aromatic rings. The van der Waals surface area contributed by atoms with Crippen molar-refractivity contribution in [3.63, 3.8) is 0 Å². The van der Waals surface area contributed by atoms with E-state index in [0.29, 0.717) is 34.6 Å². The van der Waals surface area contributed by atoms with Crippen LogP contribution in [0.25, 0.3) is 0 Å². The van der Waals surface area contributed by atoms with Crippen LogP contribution in [0.4, 0.5) is 5.69 Å². The molecule has 0 aliphatic carbocycles. The summed E-state index contributed by atoms with van der Waals surface area (Å²) in [6.07, 6.45) is 0.666. The lowest BCUT2D eigenvalue weighted by Crippen LogP contribution is -2.02. The third kappa shape index (κ3) is 3.31. The first-order valence-corrected chi connectivity index (χ1v) is 6.22. The number of rotatable bonds is 5. The van der Waals surface area contributed by atoms with Gasteiger partial charge in [-0.2, -0.15) is 5.26 Å². The molecule has 0 fully saturated rings. The van der Waals surface area contributed by atoms with E-state index in [0.717, 1.165) is 5.56 Å². The molecule has 0 saturated heterocycles. The second kappa shape index (κ2) is 6.44. The maximum Gasteiger partial charge on any atom is 0.157 e. The van der Waals surface area contributed by atoms with Crippen LogP contribution in [0, 0.1) is 11.3 Å². The first kappa shape index (κ1) is 14.4. The van der Waals surface area contributed by atoms with Gasteiger partial charge in [-0.05, 0) is 17.7 Å². The third-order valence-electron chi connectivity index (χ3n) is 2.91. The zero-order valence-corrected chi connectivity index (χ0v) is 11.5. The number of nitrogen functional groups attached to an aromatic ring is 1. The predicted octanol–water partition coefficient (Wildman–Crippen LogP) is 2.54. The quantitative estimate of drug-likeness (QED) is 0.672. The van der Waals surface area contributed by atoms with Crippen molar-refractivity contribution in [3.8, 4) is 17.6 Å². The zero-order chi connectivity index (χ0) is 15.2. The van der Waals surface area contributed by atoms with Gasteiger partial charge in [-0.1, -0.05) is 12.1 Å². The molecule has 0 heterocycles. The summed E-state index contributed by atoms with van der Waals surface area (Å²) in [5, 5.41) is 8.86. The van der Waals surface area contributed by atoms with Crippen molar-refractivity contribution in [2.75, 3.05) is 12.8 Å². The van der Waals surface area contributed by atoms with Crippen molar-refractivity contribution >= 4 is 12.0 Å². The lowest BCUT2D eigenvalue weighted by atomic mass is 10.1. The van der Waals surface area contributed by atoms with Crippen LogP contribution in [0.1, 0.15) is 21.5 Å². The summed E-state index contributed by atoms with van der Waals surface area (Å²) in [4.78, 5) is 11.2. The third-order valence-corrected chi connectivity index (χ3v) is 2.91. The van der Waals surface area contributed by atoms with E-state index in [4.69, 9.17) is 20.5 Å². The number of nitrogens with zero attached hydrogens (tertiary/aromatic N) is 1. The lowest BCUT2D eigenvalue weighted by molar-refractivity contribution is 0.111. The minimum atomic E-state index is 0.225. The molecular weight excluding hydrogens is 268 g/mol. The summed E-state index contributed by atoms with van der Waals surface area (Å²) in [6.45, 7) is 0.225. The molecule has 0 atom stereocenters. The lowest BCUT2D eigenvalue weighted by Gasteiger charge is -2.12. The molecule has 0 radical (unpaired) electrons. The number of nitriles is 1. The van der Waals surface area contributed by atoms with Crippen molar-refractivity contribution in [2.24, 2.45) is 0 Å². The van der Waals surface area contributed by atoms with Crippen LogP contribution in [0.5, 0.6) is 11.5 Å². The van der Waals surface area contributed by atoms with Crippen molar-refractivity contribution in [2.45, 2.75) is 6.61 Å². The molecule has 2 N–H and O–H groups in total. The van der Waals surface area contributed by atoms with Crippen LogP contribution < -0.4 is 15.2 Å². The number of carbonyl (C=O) groups is 1. The molecule has 5 heteroatoms. The van der Waals surface area contributed by atoms with E-state index in [-0.39, 0.29) is 6.61 Å². The van der Waals surface area contributed by atoms with Crippen molar-refractivity contribution in [3.05, 3.63) is 53.1 Å². The van der Waals surface area contributed by atoms with E-state index in [9.17, 15) is 4.79 Å². The molecular formula is C16H14N2O3. The van der Waals surface area contributed by atoms with Crippen LogP contribution in [0.2, 0.25) is 0 Å². The minimum absolute atomic E-state index is 0.225. The van der Waals surface area contributed by atoms with Crippen LogP contribution in [-0.4, -0.2) is 13.4 Å². The van der Waals surface area contributed by atoms with Gasteiger partial charge in [0.05, 0.1) is 24.3 Å². The monoisotopic (exact) mass is 282 g/mol. The molecule has 0 aliphatic rings. The molecule has 106 valence electrons. The predicted molar refractivity (Wildman–Crippen MR) is 78.3 cm³/mol. The van der Waals surface area contributed by atoms with E-state index in [2.05, 4.69) is 6.07 Å². The molecule has 2 rings (SSSR count). The molecule has 0 bridgehead atoms. The number of aldehydes is 1. The minimum Gasteiger partial charge on any atom is -0.496 e. The number of anilines is 1. The second-order valence-electron chi connectivity index (χ2n) is 4.35. The average molecular weight is 282 g/mol. The number of methoxy groups -OCH3 is 1. The first-order chi connectivity index (χ1) is 10.2. The first-order valence-electron chi connectivity index (χ1n) is 6.22. The molecule has 0 aromatic heterocycles. The van der Waals surface area contributed by atoms with Crippen molar-refractivity contribution in [1.29, 1.82) is 5.26 Å². The Kier molecular flexibility index (Phi) is 4.42. The van der Waals surface area contributed by atoms with Crippen LogP contribution in [0.3, 0.4) is 0 Å². The molecule has 0 aliphatic heterocycles. The maximum absolute atomic E-state index is 11.2. The summed E-state index contributed by atoms with van der Waals surface area (Å²) in [5.41, 5.74) is 7.88. The average Bonchev–Trinajstić information content (AvgIpc) is 2.52. The Balaban J connectivity index is 2.25. The maximum atomic E-state index is 11.2. The number of nitrogens with two attached hydrogens (primary N) is 1. The number of hydrogen-bond acceptors (Lipinski definition) is 5. The van der Waals surface area contributed by atoms with E-state index >= 15 is 0 Å². The van der Waals surface area contributed by atoms with Gasteiger partial charge in [0.15, 0.2) is 6.29 Å². The molecule has 21 heavy (non-hydrogen) atoms. The van der Waals surface area contributed by atoms with Gasteiger partial charge in [-0.25, -0.2) is 0 Å². The second-order valence-corrected chi connectivity index (χ2v) is 4.35. The summed E-state index contributed by atoms with van der Waals surface area (Å²) in [5.74, 6) is 0.718. The van der Waals surface area contributed by atoms with Gasteiger partial charge < -0.3 is 15.2 Å². The van der Waals surface area contributed by atoms with E-state index in [1.54, 1.807) is 30.3 Å². The molecule has 5 nitrogen and oxygen atoms in total. The Morgan fingerprint density at radius 1 is 1.29 bits per heavy atom. The van der Waals surface area contributed by atoms with E-state index in [1.165, 1.54) is 7.11 Å². The number of carbonyl (C=O) groups excluding carboxylic acids is 1. The standard InChI is InChI=1S/C16H14N2O3/c1-20-15-6-13(18)7-16(14(15)9-19)21-10-12-4-2-3-11(5-12)8-17/h2-7,9H,10,18H2,1H3. The summed E-state index contributed by atoms with van der Waals surface area (Å²) in [7, 11) is 1.46. The summed E-state index contributed by atoms with van der Waals surface area (Å²) >= 11 is 0. The van der Waals surface area contributed by atoms with E-state index < -0.39 is 0 Å². The Bertz CT molecular complexity index is 705. The van der Waals surface area contributed by atoms with Gasteiger partial charge in [0.1, 0.15) is 18.1 Å². The van der Waals surface area contributed by atoms with Crippen LogP contribution in [0.15, 0.2) is 36.4 Å². The van der Waals surface area contributed by atoms with Gasteiger partial charge in [-0.3, -0.25) is 4.79 Å². The highest BCUT2D eigenvalue weighted by molar-refractivity contribution is 5.85. The molecule has 0 amide bonds. The van der Waals surface area contributed by atoms with Gasteiger partial charge >= 0.3 is 0 Å². The number of hydrogen-bond donors (Lipinski definition) is 1. The fourth-order valence-electron chi connectivity index (χ4n) is 1.92. The Morgan fingerprint density at radius 2 is 2.05 bits per heavy atom. The number of ether oxygens (including phenoxy) is 2. The summed E-state index contributed by atoms with van der Waals surface area (Å²) < 4.78 is 10.7. The Morgan fingerprint density at radius 3 is 2.71 bits per heavy atom. The van der Waals surface area contributed by atoms with Gasteiger partial charge in [0, 0.05) is 17.8 Å².